The maximum atomic E-state index is 12.3. The molecule has 0 bridgehead atoms. The Hall–Kier alpha value is -2.94. The Morgan fingerprint density at radius 1 is 1.09 bits per heavy atom. The van der Waals surface area contributed by atoms with Gasteiger partial charge in [-0.1, -0.05) is 47.0 Å². The van der Waals surface area contributed by atoms with Crippen LogP contribution in [0.15, 0.2) is 47.8 Å². The first-order valence-electron chi connectivity index (χ1n) is 9.49. The van der Waals surface area contributed by atoms with Crippen LogP contribution < -0.4 is 10.6 Å². The molecule has 2 N–H and O–H groups in total. The van der Waals surface area contributed by atoms with Crippen molar-refractivity contribution in [3.63, 3.8) is 0 Å². The second-order valence-corrected chi connectivity index (χ2v) is 8.51. The highest BCUT2D eigenvalue weighted by atomic mass is 35.5. The van der Waals surface area contributed by atoms with E-state index in [4.69, 9.17) is 27.9 Å². The van der Waals surface area contributed by atoms with E-state index in [2.05, 4.69) is 15.6 Å². The van der Waals surface area contributed by atoms with Crippen LogP contribution >= 0.6 is 34.5 Å². The third-order valence-corrected chi connectivity index (χ3v) is 5.83. The first kappa shape index (κ1) is 23.7. The standard InChI is InChI=1S/C22H19Cl2N3O4S/c1-12-3-5-14(6-4-12)21(30)25-10-19(28)31-13(2)20(29)27-22-26-18(11-32-22)15-7-8-16(23)17(24)9-15/h3-9,11,13H,10H2,1-2H3,(H,25,30)(H,26,27,29)/t13-/m1/s1. The monoisotopic (exact) mass is 491 g/mol. The fourth-order valence-electron chi connectivity index (χ4n) is 2.58. The summed E-state index contributed by atoms with van der Waals surface area (Å²) < 4.78 is 5.09. The Balaban J connectivity index is 1.49. The second kappa shape index (κ2) is 10.6. The molecule has 1 atom stereocenters. The van der Waals surface area contributed by atoms with Crippen molar-refractivity contribution in [1.29, 1.82) is 0 Å². The highest BCUT2D eigenvalue weighted by Gasteiger charge is 2.20. The number of thiazole rings is 1. The van der Waals surface area contributed by atoms with E-state index in [1.165, 1.54) is 18.3 Å². The molecule has 3 rings (SSSR count). The Bertz CT molecular complexity index is 1150. The van der Waals surface area contributed by atoms with Gasteiger partial charge in [-0.3, -0.25) is 19.7 Å². The SMILES string of the molecule is Cc1ccc(C(=O)NCC(=O)O[C@H](C)C(=O)Nc2nc(-c3ccc(Cl)c(Cl)c3)cs2)cc1. The summed E-state index contributed by atoms with van der Waals surface area (Å²) in [6.07, 6.45) is -1.07. The number of nitrogens with one attached hydrogen (secondary N) is 2. The molecule has 3 aromatic rings. The normalized spacial score (nSPS) is 11.5. The first-order chi connectivity index (χ1) is 15.2. The van der Waals surface area contributed by atoms with E-state index in [0.717, 1.165) is 11.1 Å². The van der Waals surface area contributed by atoms with Crippen molar-refractivity contribution in [2.45, 2.75) is 20.0 Å². The molecule has 0 spiro atoms. The molecule has 0 fully saturated rings. The molecule has 1 heterocycles. The molecular formula is C22H19Cl2N3O4S. The van der Waals surface area contributed by atoms with E-state index in [1.54, 1.807) is 47.8 Å². The second-order valence-electron chi connectivity index (χ2n) is 6.84. The number of aromatic nitrogens is 1. The highest BCUT2D eigenvalue weighted by molar-refractivity contribution is 7.14. The fraction of sp³-hybridized carbons (Fsp3) is 0.182. The molecule has 1 aromatic heterocycles. The molecule has 0 unspecified atom stereocenters. The number of rotatable bonds is 7. The van der Waals surface area contributed by atoms with E-state index >= 15 is 0 Å². The number of aryl methyl sites for hydroxylation is 1. The van der Waals surface area contributed by atoms with Gasteiger partial charge in [-0.05, 0) is 38.1 Å². The molecule has 0 radical (unpaired) electrons. The van der Waals surface area contributed by atoms with Gasteiger partial charge in [0.15, 0.2) is 11.2 Å². The summed E-state index contributed by atoms with van der Waals surface area (Å²) in [6.45, 7) is 2.98. The van der Waals surface area contributed by atoms with Crippen LogP contribution in [0.4, 0.5) is 5.13 Å². The third kappa shape index (κ3) is 6.29. The minimum Gasteiger partial charge on any atom is -0.451 e. The van der Waals surface area contributed by atoms with Gasteiger partial charge in [0.1, 0.15) is 6.54 Å². The summed E-state index contributed by atoms with van der Waals surface area (Å²) in [6, 6.07) is 12.0. The summed E-state index contributed by atoms with van der Waals surface area (Å²) in [5.74, 6) is -1.68. The summed E-state index contributed by atoms with van der Waals surface area (Å²) in [4.78, 5) is 40.7. The number of ether oxygens (including phenoxy) is 1. The molecular weight excluding hydrogens is 473 g/mol. The largest absolute Gasteiger partial charge is 0.451 e. The van der Waals surface area contributed by atoms with Crippen LogP contribution in [0.25, 0.3) is 11.3 Å². The summed E-state index contributed by atoms with van der Waals surface area (Å²) in [7, 11) is 0. The molecule has 7 nitrogen and oxygen atoms in total. The molecule has 0 aliphatic rings. The molecule has 2 aromatic carbocycles. The van der Waals surface area contributed by atoms with Crippen molar-refractivity contribution in [1.82, 2.24) is 10.3 Å². The fourth-order valence-corrected chi connectivity index (χ4v) is 3.60. The van der Waals surface area contributed by atoms with Gasteiger partial charge in [-0.25, -0.2) is 4.98 Å². The van der Waals surface area contributed by atoms with Gasteiger partial charge in [0, 0.05) is 16.5 Å². The number of carbonyl (C=O) groups is 3. The minimum absolute atomic E-state index is 0.339. The van der Waals surface area contributed by atoms with Gasteiger partial charge in [-0.2, -0.15) is 0 Å². The van der Waals surface area contributed by atoms with Crippen molar-refractivity contribution in [2.75, 3.05) is 11.9 Å². The van der Waals surface area contributed by atoms with Crippen LogP contribution in [0.2, 0.25) is 10.0 Å². The summed E-state index contributed by atoms with van der Waals surface area (Å²) >= 11 is 13.2. The van der Waals surface area contributed by atoms with Gasteiger partial charge in [0.2, 0.25) is 0 Å². The molecule has 0 saturated carbocycles. The van der Waals surface area contributed by atoms with E-state index in [-0.39, 0.29) is 6.54 Å². The highest BCUT2D eigenvalue weighted by Crippen LogP contribution is 2.30. The number of hydrogen-bond acceptors (Lipinski definition) is 6. The van der Waals surface area contributed by atoms with Crippen molar-refractivity contribution in [3.05, 3.63) is 69.0 Å². The van der Waals surface area contributed by atoms with Gasteiger partial charge >= 0.3 is 5.97 Å². The van der Waals surface area contributed by atoms with Crippen LogP contribution in [0.5, 0.6) is 0 Å². The number of amides is 2. The van der Waals surface area contributed by atoms with Crippen LogP contribution in [-0.2, 0) is 14.3 Å². The molecule has 166 valence electrons. The lowest BCUT2D eigenvalue weighted by atomic mass is 10.1. The average molecular weight is 492 g/mol. The predicted octanol–water partition coefficient (Wildman–Crippen LogP) is 4.73. The Morgan fingerprint density at radius 2 is 1.81 bits per heavy atom. The lowest BCUT2D eigenvalue weighted by Gasteiger charge is -2.12. The third-order valence-electron chi connectivity index (χ3n) is 4.33. The predicted molar refractivity (Wildman–Crippen MR) is 125 cm³/mol. The molecule has 0 aliphatic heterocycles. The molecule has 0 saturated heterocycles. The topological polar surface area (TPSA) is 97.4 Å². The van der Waals surface area contributed by atoms with Crippen molar-refractivity contribution in [2.24, 2.45) is 0 Å². The number of nitrogens with zero attached hydrogens (tertiary/aromatic N) is 1. The smallest absolute Gasteiger partial charge is 0.326 e. The molecule has 2 amide bonds. The minimum atomic E-state index is -1.07. The maximum Gasteiger partial charge on any atom is 0.326 e. The van der Waals surface area contributed by atoms with Crippen molar-refractivity contribution in [3.8, 4) is 11.3 Å². The van der Waals surface area contributed by atoms with Gasteiger partial charge < -0.3 is 10.1 Å². The zero-order valence-corrected chi connectivity index (χ0v) is 19.5. The van der Waals surface area contributed by atoms with Gasteiger partial charge in [0.05, 0.1) is 15.7 Å². The van der Waals surface area contributed by atoms with Gasteiger partial charge in [-0.15, -0.1) is 11.3 Å². The van der Waals surface area contributed by atoms with Crippen molar-refractivity contribution < 1.29 is 19.1 Å². The van der Waals surface area contributed by atoms with Gasteiger partial charge in [0.25, 0.3) is 11.8 Å². The lowest BCUT2D eigenvalue weighted by Crippen LogP contribution is -2.35. The number of esters is 1. The maximum absolute atomic E-state index is 12.3. The number of hydrogen-bond donors (Lipinski definition) is 2. The Morgan fingerprint density at radius 3 is 2.50 bits per heavy atom. The van der Waals surface area contributed by atoms with Crippen LogP contribution in [0, 0.1) is 6.92 Å². The number of benzene rings is 2. The van der Waals surface area contributed by atoms with Crippen LogP contribution in [0.1, 0.15) is 22.8 Å². The number of anilines is 1. The summed E-state index contributed by atoms with van der Waals surface area (Å²) in [5, 5.41) is 8.00. The zero-order chi connectivity index (χ0) is 23.3. The quantitative estimate of drug-likeness (QED) is 0.465. The lowest BCUT2D eigenvalue weighted by molar-refractivity contribution is -0.152. The Kier molecular flexibility index (Phi) is 7.84. The molecule has 0 aliphatic carbocycles. The van der Waals surface area contributed by atoms with E-state index < -0.39 is 23.9 Å². The summed E-state index contributed by atoms with van der Waals surface area (Å²) in [5.41, 5.74) is 2.81. The van der Waals surface area contributed by atoms with Crippen LogP contribution in [0.3, 0.4) is 0 Å². The molecule has 32 heavy (non-hydrogen) atoms. The number of carbonyl (C=O) groups excluding carboxylic acids is 3. The first-order valence-corrected chi connectivity index (χ1v) is 11.1. The average Bonchev–Trinajstić information content (AvgIpc) is 3.22. The zero-order valence-electron chi connectivity index (χ0n) is 17.1. The van der Waals surface area contributed by atoms with Crippen LogP contribution in [-0.4, -0.2) is 35.4 Å². The number of halogens is 2. The van der Waals surface area contributed by atoms with Crippen molar-refractivity contribution >= 4 is 57.5 Å². The Labute approximate surface area is 198 Å². The van der Waals surface area contributed by atoms with E-state index in [1.807, 2.05) is 6.92 Å². The molecule has 10 heteroatoms. The van der Waals surface area contributed by atoms with E-state index in [9.17, 15) is 14.4 Å². The van der Waals surface area contributed by atoms with E-state index in [0.29, 0.717) is 26.4 Å².